The number of carbonyl (C=O) groups is 1. The number of benzene rings is 2. The Balaban J connectivity index is 2.01. The summed E-state index contributed by atoms with van der Waals surface area (Å²) in [6.07, 6.45) is 0. The molecule has 24 heavy (non-hydrogen) atoms. The molecule has 0 amide bonds. The number of halogens is 1. The molecule has 0 aromatic heterocycles. The van der Waals surface area contributed by atoms with Crippen molar-refractivity contribution in [3.05, 3.63) is 54.6 Å². The third-order valence-corrected chi connectivity index (χ3v) is 3.84. The summed E-state index contributed by atoms with van der Waals surface area (Å²) < 4.78 is 17.3. The molecule has 8 heteroatoms. The summed E-state index contributed by atoms with van der Waals surface area (Å²) in [5, 5.41) is 8.32. The van der Waals surface area contributed by atoms with Gasteiger partial charge in [-0.15, -0.1) is 0 Å². The first kappa shape index (κ1) is 18.4. The van der Waals surface area contributed by atoms with Gasteiger partial charge in [0, 0.05) is 12.2 Å². The highest BCUT2D eigenvalue weighted by Crippen LogP contribution is 2.47. The summed E-state index contributed by atoms with van der Waals surface area (Å²) in [4.78, 5) is 13.4. The number of likely N-dealkylation sites (N-methyl/N-ethyl adjacent to an activating group) is 1. The zero-order valence-corrected chi connectivity index (χ0v) is 15.2. The molecule has 0 heterocycles. The maximum atomic E-state index is 12.7. The topological polar surface area (TPSA) is 54.3 Å². The number of anilines is 1. The fourth-order valence-corrected chi connectivity index (χ4v) is 2.61. The molecule has 0 radical (unpaired) electrons. The van der Waals surface area contributed by atoms with Crippen molar-refractivity contribution in [2.45, 2.75) is 6.92 Å². The molecule has 0 fully saturated rings. The Bertz CT molecular complexity index is 681. The molecular formula is C16H18FN3O2P2. The zero-order valence-electron chi connectivity index (χ0n) is 13.2. The van der Waals surface area contributed by atoms with Crippen molar-refractivity contribution in [1.82, 2.24) is 0 Å². The van der Waals surface area contributed by atoms with Gasteiger partial charge in [-0.05, 0) is 52.3 Å². The highest BCUT2D eigenvalue weighted by molar-refractivity contribution is 8.08. The SMILES string of the molecule is CCN(CC(=O)OP(F)P)c1ccc(N=Nc2ccccc2)cc1. The Hall–Kier alpha value is -1.90. The van der Waals surface area contributed by atoms with Crippen LogP contribution in [0.25, 0.3) is 0 Å². The van der Waals surface area contributed by atoms with Crippen LogP contribution in [0.2, 0.25) is 0 Å². The standard InChI is InChI=1S/C16H18FN3O2P2/c1-2-20(12-16(21)22-24(17)23)15-10-8-14(9-11-15)19-18-13-6-4-3-5-7-13/h3-11H,2,12,23H2,1H3. The van der Waals surface area contributed by atoms with Gasteiger partial charge in [-0.25, -0.2) is 4.79 Å². The van der Waals surface area contributed by atoms with Crippen molar-refractivity contribution in [2.24, 2.45) is 10.2 Å². The summed E-state index contributed by atoms with van der Waals surface area (Å²) in [5.41, 5.74) is 2.32. The monoisotopic (exact) mass is 365 g/mol. The molecule has 0 N–H and O–H groups in total. The van der Waals surface area contributed by atoms with Gasteiger partial charge in [-0.2, -0.15) is 14.4 Å². The van der Waals surface area contributed by atoms with E-state index in [0.29, 0.717) is 12.2 Å². The second-order valence-corrected chi connectivity index (χ2v) is 6.75. The lowest BCUT2D eigenvalue weighted by Crippen LogP contribution is -2.29. The van der Waals surface area contributed by atoms with Gasteiger partial charge in [0.05, 0.1) is 11.4 Å². The van der Waals surface area contributed by atoms with E-state index in [1.165, 1.54) is 0 Å². The predicted molar refractivity (Wildman–Crippen MR) is 98.8 cm³/mol. The van der Waals surface area contributed by atoms with E-state index >= 15 is 0 Å². The number of azo groups is 1. The van der Waals surface area contributed by atoms with Gasteiger partial charge in [0.2, 0.25) is 0 Å². The van der Waals surface area contributed by atoms with Crippen LogP contribution in [0.15, 0.2) is 64.8 Å². The minimum absolute atomic E-state index is 0.00146. The summed E-state index contributed by atoms with van der Waals surface area (Å²) in [5.74, 6) is -0.590. The van der Waals surface area contributed by atoms with E-state index in [9.17, 15) is 8.99 Å². The number of rotatable bonds is 7. The van der Waals surface area contributed by atoms with E-state index in [4.69, 9.17) is 0 Å². The second kappa shape index (κ2) is 9.41. The summed E-state index contributed by atoms with van der Waals surface area (Å²) in [7, 11) is -0.415. The number of carbonyl (C=O) groups excluding carboxylic acids is 1. The van der Waals surface area contributed by atoms with Gasteiger partial charge >= 0.3 is 5.97 Å². The van der Waals surface area contributed by atoms with E-state index in [-0.39, 0.29) is 6.54 Å². The molecule has 5 nitrogen and oxygen atoms in total. The first-order valence-electron chi connectivity index (χ1n) is 7.31. The molecule has 0 spiro atoms. The maximum Gasteiger partial charge on any atom is 0.330 e. The van der Waals surface area contributed by atoms with Gasteiger partial charge in [0.15, 0.2) is 0 Å². The van der Waals surface area contributed by atoms with Crippen molar-refractivity contribution in [2.75, 3.05) is 18.0 Å². The van der Waals surface area contributed by atoms with Crippen molar-refractivity contribution >= 4 is 40.1 Å². The van der Waals surface area contributed by atoms with Crippen molar-refractivity contribution in [3.63, 3.8) is 0 Å². The summed E-state index contributed by atoms with van der Waals surface area (Å²) in [6.45, 7) is 2.51. The molecule has 2 unspecified atom stereocenters. The fraction of sp³-hybridized carbons (Fsp3) is 0.188. The minimum Gasteiger partial charge on any atom is -0.408 e. The summed E-state index contributed by atoms with van der Waals surface area (Å²) in [6, 6.07) is 16.8. The lowest BCUT2D eigenvalue weighted by Gasteiger charge is -2.22. The normalized spacial score (nSPS) is 12.1. The van der Waals surface area contributed by atoms with Crippen molar-refractivity contribution < 1.29 is 13.5 Å². The molecule has 0 saturated heterocycles. The van der Waals surface area contributed by atoms with E-state index < -0.39 is 14.1 Å². The van der Waals surface area contributed by atoms with Gasteiger partial charge in [-0.3, -0.25) is 0 Å². The number of nitrogens with zero attached hydrogens (tertiary/aromatic N) is 3. The molecule has 2 aromatic rings. The van der Waals surface area contributed by atoms with E-state index in [2.05, 4.69) is 14.8 Å². The Morgan fingerprint density at radius 1 is 1.12 bits per heavy atom. The van der Waals surface area contributed by atoms with Gasteiger partial charge in [-0.1, -0.05) is 18.2 Å². The largest absolute Gasteiger partial charge is 0.408 e. The Kier molecular flexibility index (Phi) is 7.23. The van der Waals surface area contributed by atoms with Crippen LogP contribution in [-0.4, -0.2) is 19.1 Å². The van der Waals surface area contributed by atoms with Crippen molar-refractivity contribution in [3.8, 4) is 0 Å². The molecule has 0 bridgehead atoms. The molecular weight excluding hydrogens is 347 g/mol. The molecule has 126 valence electrons. The highest BCUT2D eigenvalue weighted by atomic mass is 32.0. The van der Waals surface area contributed by atoms with Crippen molar-refractivity contribution in [1.29, 1.82) is 0 Å². The van der Waals surface area contributed by atoms with Gasteiger partial charge in [0.1, 0.15) is 6.54 Å². The Morgan fingerprint density at radius 3 is 2.25 bits per heavy atom. The minimum atomic E-state index is -2.26. The third kappa shape index (κ3) is 5.95. The second-order valence-electron chi connectivity index (χ2n) is 4.80. The van der Waals surface area contributed by atoms with Crippen LogP contribution in [0.3, 0.4) is 0 Å². The van der Waals surface area contributed by atoms with Gasteiger partial charge in [0.25, 0.3) is 8.15 Å². The lowest BCUT2D eigenvalue weighted by molar-refractivity contribution is -0.132. The predicted octanol–water partition coefficient (Wildman–Crippen LogP) is 5.54. The Labute approximate surface area is 144 Å². The molecule has 2 atom stereocenters. The number of hydrogen-bond donors (Lipinski definition) is 0. The molecule has 0 saturated carbocycles. The van der Waals surface area contributed by atoms with Crippen LogP contribution < -0.4 is 4.90 Å². The molecule has 2 aromatic carbocycles. The summed E-state index contributed by atoms with van der Waals surface area (Å²) >= 11 is 0. The van der Waals surface area contributed by atoms with Crippen LogP contribution >= 0.6 is 17.1 Å². The average Bonchev–Trinajstić information content (AvgIpc) is 2.59. The molecule has 0 aliphatic carbocycles. The first-order valence-corrected chi connectivity index (χ1v) is 10.1. The van der Waals surface area contributed by atoms with E-state index in [1.807, 2.05) is 70.4 Å². The van der Waals surface area contributed by atoms with E-state index in [1.54, 1.807) is 4.90 Å². The first-order chi connectivity index (χ1) is 11.6. The lowest BCUT2D eigenvalue weighted by atomic mass is 10.2. The van der Waals surface area contributed by atoms with Gasteiger partial charge < -0.3 is 9.42 Å². The smallest absolute Gasteiger partial charge is 0.330 e. The maximum absolute atomic E-state index is 12.7. The molecule has 0 aliphatic heterocycles. The Morgan fingerprint density at radius 2 is 1.71 bits per heavy atom. The van der Waals surface area contributed by atoms with Crippen LogP contribution in [0.4, 0.5) is 21.3 Å². The fourth-order valence-electron chi connectivity index (χ4n) is 2.01. The zero-order chi connectivity index (χ0) is 17.4. The highest BCUT2D eigenvalue weighted by Gasteiger charge is 2.14. The van der Waals surface area contributed by atoms with Crippen LogP contribution in [0.5, 0.6) is 0 Å². The quantitative estimate of drug-likeness (QED) is 0.478. The molecule has 2 rings (SSSR count). The van der Waals surface area contributed by atoms with Crippen LogP contribution in [0.1, 0.15) is 6.92 Å². The van der Waals surface area contributed by atoms with E-state index in [0.717, 1.165) is 11.4 Å². The third-order valence-electron chi connectivity index (χ3n) is 3.14. The van der Waals surface area contributed by atoms with Crippen LogP contribution in [0, 0.1) is 0 Å². The average molecular weight is 365 g/mol. The number of hydrogen-bond acceptors (Lipinski definition) is 5. The molecule has 0 aliphatic rings. The van der Waals surface area contributed by atoms with Crippen LogP contribution in [-0.2, 0) is 9.32 Å².